The van der Waals surface area contributed by atoms with Crippen LogP contribution in [0.5, 0.6) is 11.5 Å². The molecule has 9 nitrogen and oxygen atoms in total. The van der Waals surface area contributed by atoms with Crippen molar-refractivity contribution < 1.29 is 23.8 Å². The Bertz CT molecular complexity index is 1430. The molecule has 4 rings (SSSR count). The lowest BCUT2D eigenvalue weighted by molar-refractivity contribution is -0.117. The number of imidazole rings is 1. The second-order valence-electron chi connectivity index (χ2n) is 8.81. The van der Waals surface area contributed by atoms with Gasteiger partial charge in [0.05, 0.1) is 32.2 Å². The topological polar surface area (TPSA) is 94.9 Å². The van der Waals surface area contributed by atoms with E-state index < -0.39 is 0 Å². The highest BCUT2D eigenvalue weighted by molar-refractivity contribution is 6.00. The van der Waals surface area contributed by atoms with E-state index in [1.165, 1.54) is 4.90 Å². The third kappa shape index (κ3) is 6.45. The summed E-state index contributed by atoms with van der Waals surface area (Å²) in [5.74, 6) is 0.796. The van der Waals surface area contributed by atoms with Crippen molar-refractivity contribution in [1.82, 2.24) is 14.5 Å². The largest absolute Gasteiger partial charge is 0.493 e. The first kappa shape index (κ1) is 27.4. The third-order valence-electron chi connectivity index (χ3n) is 6.23. The van der Waals surface area contributed by atoms with Crippen molar-refractivity contribution in [1.29, 1.82) is 0 Å². The summed E-state index contributed by atoms with van der Waals surface area (Å²) < 4.78 is 17.8. The van der Waals surface area contributed by atoms with Gasteiger partial charge in [-0.1, -0.05) is 48.5 Å². The van der Waals surface area contributed by atoms with Gasteiger partial charge in [-0.2, -0.15) is 0 Å². The first-order valence-corrected chi connectivity index (χ1v) is 12.5. The van der Waals surface area contributed by atoms with Gasteiger partial charge in [0, 0.05) is 37.0 Å². The number of anilines is 1. The summed E-state index contributed by atoms with van der Waals surface area (Å²) >= 11 is 0. The number of aryl methyl sites for hydroxylation is 1. The smallest absolute Gasteiger partial charge is 0.254 e. The summed E-state index contributed by atoms with van der Waals surface area (Å²) in [6, 6.07) is 22.4. The molecule has 0 saturated carbocycles. The number of aromatic nitrogens is 2. The molecule has 1 N–H and O–H groups in total. The standard InChI is InChI=1S/C30H32N4O5/c1-21-10-8-9-13-24(21)29(36)33(16-17-37-2)20-28(35)32-30-31-25(22-11-6-5-7-12-22)19-34(30)23-14-15-26(38-3)27(18-23)39-4/h5-15,18-19H,16-17,20H2,1-4H3,(H,31,32,35). The fraction of sp³-hybridized carbons (Fsp3) is 0.233. The second-order valence-corrected chi connectivity index (χ2v) is 8.81. The van der Waals surface area contributed by atoms with Crippen molar-refractivity contribution in [2.24, 2.45) is 0 Å². The van der Waals surface area contributed by atoms with Crippen LogP contribution < -0.4 is 14.8 Å². The minimum atomic E-state index is -0.389. The number of methoxy groups -OCH3 is 3. The van der Waals surface area contributed by atoms with Crippen LogP contribution in [0, 0.1) is 6.92 Å². The van der Waals surface area contributed by atoms with Gasteiger partial charge in [-0.05, 0) is 30.7 Å². The third-order valence-corrected chi connectivity index (χ3v) is 6.23. The van der Waals surface area contributed by atoms with Crippen molar-refractivity contribution in [3.63, 3.8) is 0 Å². The summed E-state index contributed by atoms with van der Waals surface area (Å²) in [5, 5.41) is 2.90. The van der Waals surface area contributed by atoms with Gasteiger partial charge in [0.1, 0.15) is 6.54 Å². The Hall–Kier alpha value is -4.63. The van der Waals surface area contributed by atoms with Crippen molar-refractivity contribution in [2.45, 2.75) is 6.92 Å². The molecule has 1 aromatic heterocycles. The Kier molecular flexibility index (Phi) is 8.96. The van der Waals surface area contributed by atoms with E-state index in [0.29, 0.717) is 41.0 Å². The van der Waals surface area contributed by atoms with Gasteiger partial charge in [-0.15, -0.1) is 0 Å². The van der Waals surface area contributed by atoms with E-state index in [0.717, 1.165) is 11.1 Å². The van der Waals surface area contributed by atoms with E-state index >= 15 is 0 Å². The van der Waals surface area contributed by atoms with Gasteiger partial charge in [0.15, 0.2) is 11.5 Å². The maximum atomic E-state index is 13.3. The van der Waals surface area contributed by atoms with Crippen LogP contribution in [0.3, 0.4) is 0 Å². The zero-order valence-corrected chi connectivity index (χ0v) is 22.5. The Morgan fingerprint density at radius 3 is 2.33 bits per heavy atom. The second kappa shape index (κ2) is 12.7. The molecule has 4 aromatic rings. The molecule has 0 spiro atoms. The molecule has 202 valence electrons. The molecule has 9 heteroatoms. The maximum absolute atomic E-state index is 13.3. The number of nitrogens with one attached hydrogen (secondary N) is 1. The predicted octanol–water partition coefficient (Wildman–Crippen LogP) is 4.59. The number of hydrogen-bond donors (Lipinski definition) is 1. The van der Waals surface area contributed by atoms with Crippen molar-refractivity contribution in [3.05, 3.63) is 90.1 Å². The highest BCUT2D eigenvalue weighted by Crippen LogP contribution is 2.31. The first-order chi connectivity index (χ1) is 18.9. The molecule has 0 saturated heterocycles. The molecule has 0 aliphatic rings. The van der Waals surface area contributed by atoms with Gasteiger partial charge in [0.2, 0.25) is 11.9 Å². The van der Waals surface area contributed by atoms with Crippen LogP contribution in [0.1, 0.15) is 15.9 Å². The van der Waals surface area contributed by atoms with Crippen molar-refractivity contribution in [3.8, 4) is 28.4 Å². The lowest BCUT2D eigenvalue weighted by atomic mass is 10.1. The van der Waals surface area contributed by atoms with Crippen LogP contribution >= 0.6 is 0 Å². The molecule has 39 heavy (non-hydrogen) atoms. The summed E-state index contributed by atoms with van der Waals surface area (Å²) in [7, 11) is 4.69. The highest BCUT2D eigenvalue weighted by atomic mass is 16.5. The number of benzene rings is 3. The minimum absolute atomic E-state index is 0.171. The number of carbonyl (C=O) groups excluding carboxylic acids is 2. The van der Waals surface area contributed by atoms with Crippen LogP contribution in [0.2, 0.25) is 0 Å². The van der Waals surface area contributed by atoms with E-state index in [-0.39, 0.29) is 24.9 Å². The zero-order valence-electron chi connectivity index (χ0n) is 22.5. The van der Waals surface area contributed by atoms with E-state index in [4.69, 9.17) is 19.2 Å². The quantitative estimate of drug-likeness (QED) is 0.306. The summed E-state index contributed by atoms with van der Waals surface area (Å²) in [6.45, 7) is 2.25. The molecule has 0 aliphatic carbocycles. The monoisotopic (exact) mass is 528 g/mol. The number of carbonyl (C=O) groups is 2. The fourth-order valence-corrected chi connectivity index (χ4v) is 4.16. The molecule has 0 aliphatic heterocycles. The summed E-state index contributed by atoms with van der Waals surface area (Å²) in [5.41, 5.74) is 3.66. The van der Waals surface area contributed by atoms with Gasteiger partial charge in [-0.3, -0.25) is 19.5 Å². The Morgan fingerprint density at radius 1 is 0.923 bits per heavy atom. The van der Waals surface area contributed by atoms with Gasteiger partial charge in [0.25, 0.3) is 5.91 Å². The van der Waals surface area contributed by atoms with Gasteiger partial charge < -0.3 is 19.1 Å². The number of ether oxygens (including phenoxy) is 3. The first-order valence-electron chi connectivity index (χ1n) is 12.5. The lowest BCUT2D eigenvalue weighted by Crippen LogP contribution is -2.40. The van der Waals surface area contributed by atoms with Crippen molar-refractivity contribution in [2.75, 3.05) is 46.3 Å². The number of amides is 2. The Balaban J connectivity index is 1.65. The average molecular weight is 529 g/mol. The SMILES string of the molecule is COCCN(CC(=O)Nc1nc(-c2ccccc2)cn1-c1ccc(OC)c(OC)c1)C(=O)c1ccccc1C. The molecule has 0 atom stereocenters. The fourth-order valence-electron chi connectivity index (χ4n) is 4.16. The lowest BCUT2D eigenvalue weighted by Gasteiger charge is -2.23. The van der Waals surface area contributed by atoms with Crippen molar-refractivity contribution >= 4 is 17.8 Å². The van der Waals surface area contributed by atoms with E-state index in [2.05, 4.69) is 5.32 Å². The normalized spacial score (nSPS) is 10.7. The minimum Gasteiger partial charge on any atom is -0.493 e. The van der Waals surface area contributed by atoms with Gasteiger partial charge >= 0.3 is 0 Å². The predicted molar refractivity (Wildman–Crippen MR) is 150 cm³/mol. The van der Waals surface area contributed by atoms with E-state index in [1.54, 1.807) is 50.2 Å². The van der Waals surface area contributed by atoms with Gasteiger partial charge in [-0.25, -0.2) is 4.98 Å². The molecule has 0 unspecified atom stereocenters. The highest BCUT2D eigenvalue weighted by Gasteiger charge is 2.22. The molecule has 3 aromatic carbocycles. The maximum Gasteiger partial charge on any atom is 0.254 e. The average Bonchev–Trinajstić information content (AvgIpc) is 3.38. The molecule has 0 fully saturated rings. The molecular weight excluding hydrogens is 496 g/mol. The molecule has 0 radical (unpaired) electrons. The Morgan fingerprint density at radius 2 is 1.64 bits per heavy atom. The molecule has 1 heterocycles. The van der Waals surface area contributed by atoms with Crippen LogP contribution in [-0.4, -0.2) is 67.3 Å². The summed E-state index contributed by atoms with van der Waals surface area (Å²) in [4.78, 5) is 32.8. The van der Waals surface area contributed by atoms with Crippen LogP contribution in [-0.2, 0) is 9.53 Å². The Labute approximate surface area is 227 Å². The summed E-state index contributed by atoms with van der Waals surface area (Å²) in [6.07, 6.45) is 1.84. The van der Waals surface area contributed by atoms with Crippen LogP contribution in [0.4, 0.5) is 5.95 Å². The number of rotatable bonds is 11. The number of nitrogens with zero attached hydrogens (tertiary/aromatic N) is 3. The molecular formula is C30H32N4O5. The molecule has 2 amide bonds. The number of hydrogen-bond acceptors (Lipinski definition) is 6. The zero-order chi connectivity index (χ0) is 27.8. The molecule has 0 bridgehead atoms. The van der Waals surface area contributed by atoms with Crippen LogP contribution in [0.15, 0.2) is 79.0 Å². The van der Waals surface area contributed by atoms with Crippen LogP contribution in [0.25, 0.3) is 16.9 Å². The van der Waals surface area contributed by atoms with E-state index in [1.807, 2.05) is 61.7 Å². The van der Waals surface area contributed by atoms with E-state index in [9.17, 15) is 9.59 Å².